The Morgan fingerprint density at radius 1 is 1.19 bits per heavy atom. The van der Waals surface area contributed by atoms with Gasteiger partial charge in [0.2, 0.25) is 5.82 Å². The maximum atomic E-state index is 13.5. The predicted octanol–water partition coefficient (Wildman–Crippen LogP) is 3.60. The molecule has 2 aromatic carbocycles. The van der Waals surface area contributed by atoms with Gasteiger partial charge < -0.3 is 5.32 Å². The molecule has 5 nitrogen and oxygen atoms in total. The fraction of sp³-hybridized carbons (Fsp3) is 0.133. The molecular weight excluding hydrogens is 275 g/mol. The number of nitro benzene ring substituents is 1. The number of nitrogens with zero attached hydrogens (tertiary/aromatic N) is 1. The molecule has 0 aliphatic heterocycles. The minimum atomic E-state index is -1.03. The number of halogens is 1. The first-order valence-corrected chi connectivity index (χ1v) is 6.21. The number of amides is 1. The van der Waals surface area contributed by atoms with E-state index < -0.39 is 22.3 Å². The van der Waals surface area contributed by atoms with Crippen LogP contribution in [0.1, 0.15) is 21.5 Å². The molecule has 0 saturated carbocycles. The Morgan fingerprint density at radius 2 is 1.81 bits per heavy atom. The van der Waals surface area contributed by atoms with Gasteiger partial charge in [-0.05, 0) is 37.1 Å². The molecule has 0 heterocycles. The highest BCUT2D eigenvalue weighted by atomic mass is 19.1. The van der Waals surface area contributed by atoms with Crippen molar-refractivity contribution in [1.82, 2.24) is 0 Å². The zero-order valence-corrected chi connectivity index (χ0v) is 11.5. The Kier molecular flexibility index (Phi) is 3.98. The summed E-state index contributed by atoms with van der Waals surface area (Å²) >= 11 is 0. The number of nitro groups is 1. The average molecular weight is 288 g/mol. The van der Waals surface area contributed by atoms with E-state index in [1.165, 1.54) is 6.07 Å². The molecule has 6 heteroatoms. The first-order valence-electron chi connectivity index (χ1n) is 6.21. The molecule has 0 spiro atoms. The maximum Gasteiger partial charge on any atom is 0.304 e. The molecule has 0 aliphatic carbocycles. The summed E-state index contributed by atoms with van der Waals surface area (Å²) in [5.74, 6) is -1.55. The van der Waals surface area contributed by atoms with Crippen LogP contribution in [0.25, 0.3) is 0 Å². The van der Waals surface area contributed by atoms with Gasteiger partial charge in [-0.2, -0.15) is 4.39 Å². The summed E-state index contributed by atoms with van der Waals surface area (Å²) in [4.78, 5) is 21.8. The van der Waals surface area contributed by atoms with E-state index in [-0.39, 0.29) is 5.56 Å². The third kappa shape index (κ3) is 3.05. The molecule has 0 aliphatic rings. The van der Waals surface area contributed by atoms with Crippen LogP contribution in [0.4, 0.5) is 15.8 Å². The molecule has 0 aromatic heterocycles. The normalized spacial score (nSPS) is 10.2. The van der Waals surface area contributed by atoms with E-state index in [0.29, 0.717) is 5.69 Å². The van der Waals surface area contributed by atoms with Crippen LogP contribution in [-0.2, 0) is 0 Å². The second-order valence-electron chi connectivity index (χ2n) is 4.64. The highest BCUT2D eigenvalue weighted by Crippen LogP contribution is 2.22. The second kappa shape index (κ2) is 5.70. The van der Waals surface area contributed by atoms with Gasteiger partial charge in [-0.1, -0.05) is 18.2 Å². The monoisotopic (exact) mass is 288 g/mol. The van der Waals surface area contributed by atoms with Crippen LogP contribution in [0.3, 0.4) is 0 Å². The van der Waals surface area contributed by atoms with Crippen molar-refractivity contribution in [2.45, 2.75) is 13.8 Å². The zero-order valence-electron chi connectivity index (χ0n) is 11.5. The molecule has 21 heavy (non-hydrogen) atoms. The van der Waals surface area contributed by atoms with Gasteiger partial charge in [0.15, 0.2) is 0 Å². The summed E-state index contributed by atoms with van der Waals surface area (Å²) < 4.78 is 13.5. The quantitative estimate of drug-likeness (QED) is 0.692. The highest BCUT2D eigenvalue weighted by Gasteiger charge is 2.17. The first kappa shape index (κ1) is 14.6. The van der Waals surface area contributed by atoms with E-state index in [0.717, 1.165) is 23.3 Å². The van der Waals surface area contributed by atoms with E-state index in [1.807, 2.05) is 32.0 Å². The molecule has 2 aromatic rings. The molecule has 0 bridgehead atoms. The molecule has 0 atom stereocenters. The van der Waals surface area contributed by atoms with Gasteiger partial charge in [0, 0.05) is 17.3 Å². The molecule has 1 amide bonds. The number of para-hydroxylation sites is 1. The van der Waals surface area contributed by atoms with E-state index >= 15 is 0 Å². The Morgan fingerprint density at radius 3 is 2.33 bits per heavy atom. The van der Waals surface area contributed by atoms with Crippen molar-refractivity contribution in [1.29, 1.82) is 0 Å². The Bertz CT molecular complexity index is 709. The van der Waals surface area contributed by atoms with E-state index in [1.54, 1.807) is 0 Å². The number of rotatable bonds is 3. The predicted molar refractivity (Wildman–Crippen MR) is 76.9 cm³/mol. The summed E-state index contributed by atoms with van der Waals surface area (Å²) in [6, 6.07) is 8.63. The van der Waals surface area contributed by atoms with Gasteiger partial charge >= 0.3 is 5.69 Å². The van der Waals surface area contributed by atoms with Gasteiger partial charge in [-0.25, -0.2) is 0 Å². The van der Waals surface area contributed by atoms with Gasteiger partial charge in [0.1, 0.15) is 0 Å². The van der Waals surface area contributed by atoms with Gasteiger partial charge in [-0.3, -0.25) is 14.9 Å². The Hall–Kier alpha value is -2.76. The van der Waals surface area contributed by atoms with Crippen molar-refractivity contribution in [3.8, 4) is 0 Å². The maximum absolute atomic E-state index is 13.5. The topological polar surface area (TPSA) is 72.2 Å². The minimum Gasteiger partial charge on any atom is -0.322 e. The standard InChI is InChI=1S/C15H13FN2O3/c1-9-4-3-5-10(2)14(9)17-15(19)11-6-7-13(18(20)21)12(16)8-11/h3-8H,1-2H3,(H,17,19). The highest BCUT2D eigenvalue weighted by molar-refractivity contribution is 6.05. The van der Waals surface area contributed by atoms with Crippen LogP contribution in [0.5, 0.6) is 0 Å². The lowest BCUT2D eigenvalue weighted by Crippen LogP contribution is -2.14. The number of nitrogens with one attached hydrogen (secondary N) is 1. The van der Waals surface area contributed by atoms with Gasteiger partial charge in [0.05, 0.1) is 4.92 Å². The van der Waals surface area contributed by atoms with Gasteiger partial charge in [-0.15, -0.1) is 0 Å². The summed E-state index contributed by atoms with van der Waals surface area (Å²) in [6.07, 6.45) is 0. The van der Waals surface area contributed by atoms with E-state index in [2.05, 4.69) is 5.32 Å². The molecule has 1 N–H and O–H groups in total. The smallest absolute Gasteiger partial charge is 0.304 e. The minimum absolute atomic E-state index is 0.0285. The Balaban J connectivity index is 2.29. The number of benzene rings is 2. The zero-order chi connectivity index (χ0) is 15.6. The number of carbonyl (C=O) groups is 1. The third-order valence-corrected chi connectivity index (χ3v) is 3.13. The molecular formula is C15H13FN2O3. The van der Waals surface area contributed by atoms with Crippen LogP contribution in [-0.4, -0.2) is 10.8 Å². The van der Waals surface area contributed by atoms with Crippen molar-refractivity contribution >= 4 is 17.3 Å². The van der Waals surface area contributed by atoms with Crippen LogP contribution in [0.15, 0.2) is 36.4 Å². The number of hydrogen-bond acceptors (Lipinski definition) is 3. The number of hydrogen-bond donors (Lipinski definition) is 1. The molecule has 2 rings (SSSR count). The lowest BCUT2D eigenvalue weighted by molar-refractivity contribution is -0.387. The Labute approximate surface area is 120 Å². The molecule has 0 fully saturated rings. The van der Waals surface area contributed by atoms with Crippen LogP contribution in [0, 0.1) is 29.8 Å². The third-order valence-electron chi connectivity index (χ3n) is 3.13. The van der Waals surface area contributed by atoms with Crippen LogP contribution in [0.2, 0.25) is 0 Å². The number of aryl methyl sites for hydroxylation is 2. The van der Waals surface area contributed by atoms with Crippen molar-refractivity contribution < 1.29 is 14.1 Å². The van der Waals surface area contributed by atoms with Crippen LogP contribution >= 0.6 is 0 Å². The van der Waals surface area contributed by atoms with Gasteiger partial charge in [0.25, 0.3) is 5.91 Å². The van der Waals surface area contributed by atoms with Crippen molar-refractivity contribution in [2.75, 3.05) is 5.32 Å². The summed E-state index contributed by atoms with van der Waals surface area (Å²) in [5.41, 5.74) is 1.79. The first-order chi connectivity index (χ1) is 9.90. The number of anilines is 1. The van der Waals surface area contributed by atoms with E-state index in [4.69, 9.17) is 0 Å². The summed E-state index contributed by atoms with van der Waals surface area (Å²) in [6.45, 7) is 3.69. The average Bonchev–Trinajstić information content (AvgIpc) is 2.42. The summed E-state index contributed by atoms with van der Waals surface area (Å²) in [7, 11) is 0. The van der Waals surface area contributed by atoms with E-state index in [9.17, 15) is 19.3 Å². The largest absolute Gasteiger partial charge is 0.322 e. The second-order valence-corrected chi connectivity index (χ2v) is 4.64. The fourth-order valence-corrected chi connectivity index (χ4v) is 1.99. The number of carbonyl (C=O) groups excluding carboxylic acids is 1. The lowest BCUT2D eigenvalue weighted by atomic mass is 10.1. The fourth-order valence-electron chi connectivity index (χ4n) is 1.99. The molecule has 0 saturated heterocycles. The van der Waals surface area contributed by atoms with Crippen molar-refractivity contribution in [3.63, 3.8) is 0 Å². The molecule has 108 valence electrons. The molecule has 0 unspecified atom stereocenters. The lowest BCUT2D eigenvalue weighted by Gasteiger charge is -2.11. The van der Waals surface area contributed by atoms with Crippen molar-refractivity contribution in [2.24, 2.45) is 0 Å². The SMILES string of the molecule is Cc1cccc(C)c1NC(=O)c1ccc([N+](=O)[O-])c(F)c1. The van der Waals surface area contributed by atoms with Crippen molar-refractivity contribution in [3.05, 3.63) is 69.0 Å². The van der Waals surface area contributed by atoms with Crippen LogP contribution < -0.4 is 5.32 Å². The summed E-state index contributed by atoms with van der Waals surface area (Å²) in [5, 5.41) is 13.2. The molecule has 0 radical (unpaired) electrons.